The van der Waals surface area contributed by atoms with Gasteiger partial charge in [-0.3, -0.25) is 0 Å². The molecule has 0 saturated heterocycles. The van der Waals surface area contributed by atoms with Crippen molar-refractivity contribution in [3.8, 4) is 0 Å². The van der Waals surface area contributed by atoms with Crippen LogP contribution in [-0.4, -0.2) is 34.9 Å². The van der Waals surface area contributed by atoms with Crippen molar-refractivity contribution in [1.82, 2.24) is 9.78 Å². The summed E-state index contributed by atoms with van der Waals surface area (Å²) >= 11 is 0. The molecule has 0 atom stereocenters. The van der Waals surface area contributed by atoms with Crippen LogP contribution in [0.15, 0.2) is 17.8 Å². The van der Waals surface area contributed by atoms with E-state index in [4.69, 9.17) is 9.47 Å². The number of hydrogen-bond acceptors (Lipinski definition) is 6. The van der Waals surface area contributed by atoms with Crippen molar-refractivity contribution in [2.45, 2.75) is 40.7 Å². The molecule has 0 radical (unpaired) electrons. The molecule has 0 saturated carbocycles. The summed E-state index contributed by atoms with van der Waals surface area (Å²) in [5.74, 6) is -0.732. The van der Waals surface area contributed by atoms with Crippen molar-refractivity contribution in [3.63, 3.8) is 0 Å². The number of hydrogen-bond donors (Lipinski definition) is 1. The van der Waals surface area contributed by atoms with Crippen LogP contribution in [0.1, 0.15) is 32.9 Å². The molecule has 0 fully saturated rings. The molecule has 0 aromatic carbocycles. The predicted octanol–water partition coefficient (Wildman–Crippen LogP) is 2.02. The molecule has 1 aromatic heterocycles. The lowest BCUT2D eigenvalue weighted by atomic mass is 10.3. The quantitative estimate of drug-likeness (QED) is 0.342. The summed E-state index contributed by atoms with van der Waals surface area (Å²) in [6.07, 6.45) is 2.22. The van der Waals surface area contributed by atoms with Crippen LogP contribution in [0.4, 0.5) is 5.82 Å². The van der Waals surface area contributed by atoms with Crippen molar-refractivity contribution in [2.75, 3.05) is 18.5 Å². The average molecular weight is 309 g/mol. The molecule has 7 heteroatoms. The van der Waals surface area contributed by atoms with E-state index >= 15 is 0 Å². The molecule has 0 bridgehead atoms. The Morgan fingerprint density at radius 3 is 2.32 bits per heavy atom. The fourth-order valence-electron chi connectivity index (χ4n) is 1.81. The van der Waals surface area contributed by atoms with E-state index in [0.717, 1.165) is 18.7 Å². The molecule has 0 spiro atoms. The summed E-state index contributed by atoms with van der Waals surface area (Å²) < 4.78 is 11.5. The highest BCUT2D eigenvalue weighted by Crippen LogP contribution is 2.12. The van der Waals surface area contributed by atoms with Gasteiger partial charge in [0.2, 0.25) is 0 Å². The normalized spacial score (nSPS) is 10.0. The molecule has 0 unspecified atom stereocenters. The highest BCUT2D eigenvalue weighted by molar-refractivity contribution is 6.14. The summed E-state index contributed by atoms with van der Waals surface area (Å²) in [6, 6.07) is 1.83. The monoisotopic (exact) mass is 309 g/mol. The average Bonchev–Trinajstić information content (AvgIpc) is 2.80. The van der Waals surface area contributed by atoms with E-state index in [2.05, 4.69) is 10.4 Å². The number of anilines is 1. The lowest BCUT2D eigenvalue weighted by Gasteiger charge is -2.09. The van der Waals surface area contributed by atoms with Crippen molar-refractivity contribution < 1.29 is 19.1 Å². The predicted molar refractivity (Wildman–Crippen MR) is 82.2 cm³/mol. The number of carbonyl (C=O) groups excluding carboxylic acids is 2. The minimum Gasteiger partial charge on any atom is -0.462 e. The second-order valence-electron chi connectivity index (χ2n) is 4.54. The van der Waals surface area contributed by atoms with Crippen LogP contribution < -0.4 is 5.32 Å². The first-order chi connectivity index (χ1) is 10.5. The molecule has 0 aliphatic rings. The molecule has 0 aliphatic heterocycles. The van der Waals surface area contributed by atoms with Gasteiger partial charge < -0.3 is 14.8 Å². The summed E-state index contributed by atoms with van der Waals surface area (Å²) in [5, 5.41) is 7.27. The first-order valence-corrected chi connectivity index (χ1v) is 7.38. The van der Waals surface area contributed by atoms with Crippen molar-refractivity contribution in [2.24, 2.45) is 0 Å². The van der Waals surface area contributed by atoms with Crippen LogP contribution in [-0.2, 0) is 25.6 Å². The number of rotatable bonds is 8. The number of ether oxygens (including phenoxy) is 2. The van der Waals surface area contributed by atoms with E-state index in [0.29, 0.717) is 5.82 Å². The van der Waals surface area contributed by atoms with Gasteiger partial charge in [-0.15, -0.1) is 0 Å². The summed E-state index contributed by atoms with van der Waals surface area (Å²) in [7, 11) is 0. The Morgan fingerprint density at radius 1 is 1.23 bits per heavy atom. The summed E-state index contributed by atoms with van der Waals surface area (Å²) in [6.45, 7) is 8.36. The van der Waals surface area contributed by atoms with Crippen molar-refractivity contribution in [3.05, 3.63) is 23.5 Å². The highest BCUT2D eigenvalue weighted by atomic mass is 16.6. The second-order valence-corrected chi connectivity index (χ2v) is 4.54. The van der Waals surface area contributed by atoms with Gasteiger partial charge in [-0.25, -0.2) is 14.3 Å². The molecule has 7 nitrogen and oxygen atoms in total. The molecule has 1 N–H and O–H groups in total. The number of nitrogens with zero attached hydrogens (tertiary/aromatic N) is 2. The van der Waals surface area contributed by atoms with E-state index in [9.17, 15) is 9.59 Å². The highest BCUT2D eigenvalue weighted by Gasteiger charge is 2.21. The maximum absolute atomic E-state index is 11.8. The zero-order valence-corrected chi connectivity index (χ0v) is 13.5. The van der Waals surface area contributed by atoms with E-state index in [1.807, 2.05) is 19.9 Å². The van der Waals surface area contributed by atoms with Crippen LogP contribution in [0.5, 0.6) is 0 Å². The van der Waals surface area contributed by atoms with Gasteiger partial charge in [0.05, 0.1) is 18.9 Å². The molecular formula is C15H23N3O4. The van der Waals surface area contributed by atoms with Crippen molar-refractivity contribution in [1.29, 1.82) is 0 Å². The van der Waals surface area contributed by atoms with Gasteiger partial charge in [0.25, 0.3) is 0 Å². The third-order valence-corrected chi connectivity index (χ3v) is 2.69. The number of aromatic nitrogens is 2. The smallest absolute Gasteiger partial charge is 0.347 e. The van der Waals surface area contributed by atoms with Crippen molar-refractivity contribution >= 4 is 17.8 Å². The number of nitrogens with one attached hydrogen (secondary N) is 1. The van der Waals surface area contributed by atoms with E-state index in [-0.39, 0.29) is 18.8 Å². The fourth-order valence-corrected chi connectivity index (χ4v) is 1.81. The SMILES string of the molecule is CCCn1nc(C)cc1NC=C(C(=O)OCC)C(=O)OCC. The zero-order valence-electron chi connectivity index (χ0n) is 13.5. The van der Waals surface area contributed by atoms with Crippen LogP contribution >= 0.6 is 0 Å². The minimum atomic E-state index is -0.716. The van der Waals surface area contributed by atoms with Crippen LogP contribution in [0, 0.1) is 6.92 Å². The molecular weight excluding hydrogens is 286 g/mol. The number of esters is 2. The largest absolute Gasteiger partial charge is 0.462 e. The molecule has 1 aromatic rings. The maximum atomic E-state index is 11.8. The van der Waals surface area contributed by atoms with Gasteiger partial charge in [-0.2, -0.15) is 5.10 Å². The molecule has 122 valence electrons. The zero-order chi connectivity index (χ0) is 16.5. The molecule has 0 amide bonds. The van der Waals surface area contributed by atoms with Gasteiger partial charge in [0, 0.05) is 18.8 Å². The van der Waals surface area contributed by atoms with E-state index in [1.165, 1.54) is 6.20 Å². The van der Waals surface area contributed by atoms with Crippen LogP contribution in [0.3, 0.4) is 0 Å². The second kappa shape index (κ2) is 8.86. The first-order valence-electron chi connectivity index (χ1n) is 7.38. The minimum absolute atomic E-state index is 0.175. The Bertz CT molecular complexity index is 529. The van der Waals surface area contributed by atoms with E-state index < -0.39 is 11.9 Å². The molecule has 22 heavy (non-hydrogen) atoms. The Morgan fingerprint density at radius 2 is 1.82 bits per heavy atom. The summed E-state index contributed by atoms with van der Waals surface area (Å²) in [4.78, 5) is 23.7. The third-order valence-electron chi connectivity index (χ3n) is 2.69. The Labute approximate surface area is 130 Å². The Hall–Kier alpha value is -2.31. The third kappa shape index (κ3) is 4.91. The topological polar surface area (TPSA) is 82.5 Å². The molecule has 1 heterocycles. The van der Waals surface area contributed by atoms with Gasteiger partial charge in [-0.1, -0.05) is 6.92 Å². The Kier molecular flexibility index (Phi) is 7.15. The summed E-state index contributed by atoms with van der Waals surface area (Å²) in [5.41, 5.74) is 0.670. The van der Waals surface area contributed by atoms with Gasteiger partial charge in [0.15, 0.2) is 5.57 Å². The van der Waals surface area contributed by atoms with Crippen LogP contribution in [0.2, 0.25) is 0 Å². The van der Waals surface area contributed by atoms with Gasteiger partial charge in [-0.05, 0) is 27.2 Å². The number of aryl methyl sites for hydroxylation is 2. The maximum Gasteiger partial charge on any atom is 0.347 e. The fraction of sp³-hybridized carbons (Fsp3) is 0.533. The number of carbonyl (C=O) groups is 2. The van der Waals surface area contributed by atoms with E-state index in [1.54, 1.807) is 18.5 Å². The van der Waals surface area contributed by atoms with Crippen LogP contribution in [0.25, 0.3) is 0 Å². The molecule has 0 aliphatic carbocycles. The molecule has 1 rings (SSSR count). The lowest BCUT2D eigenvalue weighted by Crippen LogP contribution is -2.19. The first kappa shape index (κ1) is 17.7. The lowest BCUT2D eigenvalue weighted by molar-refractivity contribution is -0.146. The van der Waals surface area contributed by atoms with Gasteiger partial charge >= 0.3 is 11.9 Å². The van der Waals surface area contributed by atoms with Gasteiger partial charge in [0.1, 0.15) is 5.82 Å². The Balaban J connectivity index is 2.97. The standard InChI is InChI=1S/C15H23N3O4/c1-5-8-18-13(9-11(4)17-18)16-10-12(14(19)21-6-2)15(20)22-7-3/h9-10,16H,5-8H2,1-4H3.